The zero-order chi connectivity index (χ0) is 29.9. The van der Waals surface area contributed by atoms with Crippen molar-refractivity contribution in [1.82, 2.24) is 9.47 Å². The van der Waals surface area contributed by atoms with E-state index in [-0.39, 0.29) is 0 Å². The second-order valence-corrected chi connectivity index (χ2v) is 11.9. The predicted molar refractivity (Wildman–Crippen MR) is 179 cm³/mol. The number of fused-ring (bicyclic) bond motifs is 1. The fourth-order valence-corrected chi connectivity index (χ4v) is 6.03. The van der Waals surface area contributed by atoms with Gasteiger partial charge in [-0.3, -0.25) is 4.90 Å². The van der Waals surface area contributed by atoms with E-state index < -0.39 is 0 Å². The van der Waals surface area contributed by atoms with E-state index in [1.165, 1.54) is 72.1 Å². The first kappa shape index (κ1) is 31.0. The van der Waals surface area contributed by atoms with Gasteiger partial charge in [0.25, 0.3) is 0 Å². The maximum absolute atomic E-state index is 6.15. The SMILES string of the molecule is CCCCOc1ccc(-c2c(C)c3cc(OCCCC)ccc3n2Cc2ccc(OCCN3CCCCCC3)cc2)cc1. The van der Waals surface area contributed by atoms with Gasteiger partial charge < -0.3 is 18.8 Å². The van der Waals surface area contributed by atoms with Crippen LogP contribution in [-0.4, -0.2) is 48.9 Å². The Bertz CT molecular complexity index is 1400. The molecule has 1 aromatic heterocycles. The third-order valence-electron chi connectivity index (χ3n) is 8.59. The van der Waals surface area contributed by atoms with E-state index in [1.807, 2.05) is 0 Å². The number of unbranched alkanes of at least 4 members (excludes halogenated alkanes) is 2. The largest absolute Gasteiger partial charge is 0.494 e. The summed E-state index contributed by atoms with van der Waals surface area (Å²) in [5.74, 6) is 2.81. The molecule has 0 unspecified atom stereocenters. The van der Waals surface area contributed by atoms with Crippen molar-refractivity contribution in [3.8, 4) is 28.5 Å². The number of ether oxygens (including phenoxy) is 3. The molecule has 1 aliphatic heterocycles. The normalized spacial score (nSPS) is 14.1. The molecule has 5 nitrogen and oxygen atoms in total. The highest BCUT2D eigenvalue weighted by molar-refractivity contribution is 5.92. The monoisotopic (exact) mass is 582 g/mol. The second kappa shape index (κ2) is 15.9. The topological polar surface area (TPSA) is 35.9 Å². The number of likely N-dealkylation sites (tertiary alicyclic amines) is 1. The number of nitrogens with zero attached hydrogens (tertiary/aromatic N) is 2. The molecule has 3 aromatic carbocycles. The van der Waals surface area contributed by atoms with Crippen LogP contribution in [0.25, 0.3) is 22.2 Å². The van der Waals surface area contributed by atoms with Gasteiger partial charge in [0.1, 0.15) is 23.9 Å². The van der Waals surface area contributed by atoms with Gasteiger partial charge in [-0.2, -0.15) is 0 Å². The molecule has 0 spiro atoms. The maximum Gasteiger partial charge on any atom is 0.120 e. The minimum atomic E-state index is 0.742. The van der Waals surface area contributed by atoms with Gasteiger partial charge in [0.15, 0.2) is 0 Å². The molecule has 4 aromatic rings. The van der Waals surface area contributed by atoms with Gasteiger partial charge >= 0.3 is 0 Å². The van der Waals surface area contributed by atoms with Crippen LogP contribution in [0.5, 0.6) is 17.2 Å². The van der Waals surface area contributed by atoms with Crippen LogP contribution in [0.1, 0.15) is 76.3 Å². The summed E-state index contributed by atoms with van der Waals surface area (Å²) >= 11 is 0. The number of rotatable bonds is 15. The van der Waals surface area contributed by atoms with E-state index in [0.717, 1.165) is 75.8 Å². The molecule has 0 bridgehead atoms. The summed E-state index contributed by atoms with van der Waals surface area (Å²) in [7, 11) is 0. The number of hydrogen-bond acceptors (Lipinski definition) is 4. The molecule has 0 N–H and O–H groups in total. The fourth-order valence-electron chi connectivity index (χ4n) is 6.03. The fraction of sp³-hybridized carbons (Fsp3) is 0.474. The van der Waals surface area contributed by atoms with Crippen LogP contribution in [0.15, 0.2) is 66.7 Å². The molecule has 0 radical (unpaired) electrons. The molecule has 1 fully saturated rings. The molecule has 43 heavy (non-hydrogen) atoms. The van der Waals surface area contributed by atoms with Crippen molar-refractivity contribution in [2.45, 2.75) is 78.7 Å². The van der Waals surface area contributed by atoms with Gasteiger partial charge in [-0.15, -0.1) is 0 Å². The molecule has 0 amide bonds. The summed E-state index contributed by atoms with van der Waals surface area (Å²) in [6.07, 6.45) is 9.75. The highest BCUT2D eigenvalue weighted by Gasteiger charge is 2.18. The van der Waals surface area contributed by atoms with Crippen molar-refractivity contribution in [2.75, 3.05) is 39.5 Å². The van der Waals surface area contributed by atoms with Gasteiger partial charge in [-0.1, -0.05) is 51.7 Å². The molecule has 0 atom stereocenters. The van der Waals surface area contributed by atoms with Gasteiger partial charge in [0.05, 0.1) is 18.9 Å². The molecule has 1 aliphatic rings. The first-order valence-electron chi connectivity index (χ1n) is 16.6. The lowest BCUT2D eigenvalue weighted by Crippen LogP contribution is -2.29. The third-order valence-corrected chi connectivity index (χ3v) is 8.59. The van der Waals surface area contributed by atoms with Crippen molar-refractivity contribution >= 4 is 10.9 Å². The smallest absolute Gasteiger partial charge is 0.120 e. The Kier molecular flexibility index (Phi) is 11.4. The molecule has 5 rings (SSSR count). The Morgan fingerprint density at radius 1 is 0.651 bits per heavy atom. The zero-order valence-electron chi connectivity index (χ0n) is 26.6. The van der Waals surface area contributed by atoms with E-state index >= 15 is 0 Å². The Labute approximate surface area is 258 Å². The number of aryl methyl sites for hydroxylation is 1. The maximum atomic E-state index is 6.15. The average molecular weight is 583 g/mol. The van der Waals surface area contributed by atoms with Gasteiger partial charge in [-0.05, 0) is 117 Å². The summed E-state index contributed by atoms with van der Waals surface area (Å²) in [4.78, 5) is 2.55. The third kappa shape index (κ3) is 8.35. The van der Waals surface area contributed by atoms with Gasteiger partial charge in [-0.25, -0.2) is 0 Å². The van der Waals surface area contributed by atoms with E-state index in [0.29, 0.717) is 0 Å². The molecule has 5 heteroatoms. The van der Waals surface area contributed by atoms with Crippen molar-refractivity contribution < 1.29 is 14.2 Å². The lowest BCUT2D eigenvalue weighted by Gasteiger charge is -2.19. The highest BCUT2D eigenvalue weighted by Crippen LogP contribution is 2.36. The van der Waals surface area contributed by atoms with Crippen LogP contribution < -0.4 is 14.2 Å². The summed E-state index contributed by atoms with van der Waals surface area (Å²) < 4.78 is 20.6. The summed E-state index contributed by atoms with van der Waals surface area (Å²) in [5, 5.41) is 1.24. The molecule has 2 heterocycles. The lowest BCUT2D eigenvalue weighted by atomic mass is 10.1. The minimum absolute atomic E-state index is 0.742. The Morgan fingerprint density at radius 3 is 1.88 bits per heavy atom. The summed E-state index contributed by atoms with van der Waals surface area (Å²) in [6.45, 7) is 13.1. The number of aromatic nitrogens is 1. The van der Waals surface area contributed by atoms with E-state index in [2.05, 4.69) is 97.0 Å². The van der Waals surface area contributed by atoms with Gasteiger partial charge in [0.2, 0.25) is 0 Å². The van der Waals surface area contributed by atoms with Crippen molar-refractivity contribution in [2.24, 2.45) is 0 Å². The second-order valence-electron chi connectivity index (χ2n) is 11.9. The average Bonchev–Trinajstić information content (AvgIpc) is 3.16. The number of hydrogen-bond donors (Lipinski definition) is 0. The van der Waals surface area contributed by atoms with Crippen LogP contribution >= 0.6 is 0 Å². The van der Waals surface area contributed by atoms with Crippen molar-refractivity contribution in [1.29, 1.82) is 0 Å². The molecule has 0 aliphatic carbocycles. The van der Waals surface area contributed by atoms with Crippen LogP contribution in [-0.2, 0) is 6.54 Å². The summed E-state index contributed by atoms with van der Waals surface area (Å²) in [6, 6.07) is 23.8. The highest BCUT2D eigenvalue weighted by atomic mass is 16.5. The zero-order valence-corrected chi connectivity index (χ0v) is 26.6. The minimum Gasteiger partial charge on any atom is -0.494 e. The van der Waals surface area contributed by atoms with Gasteiger partial charge in [0, 0.05) is 24.0 Å². The molecular formula is C38H50N2O3. The van der Waals surface area contributed by atoms with Crippen LogP contribution in [0.3, 0.4) is 0 Å². The number of benzene rings is 3. The first-order chi connectivity index (χ1) is 21.2. The quantitative estimate of drug-likeness (QED) is 0.131. The molecule has 1 saturated heterocycles. The Morgan fingerprint density at radius 2 is 1.23 bits per heavy atom. The molecule has 0 saturated carbocycles. The Hall–Kier alpha value is -3.44. The first-order valence-corrected chi connectivity index (χ1v) is 16.6. The van der Waals surface area contributed by atoms with E-state index in [1.54, 1.807) is 0 Å². The Balaban J connectivity index is 1.36. The van der Waals surface area contributed by atoms with Crippen molar-refractivity contribution in [3.05, 3.63) is 77.9 Å². The van der Waals surface area contributed by atoms with Crippen LogP contribution in [0.4, 0.5) is 0 Å². The lowest BCUT2D eigenvalue weighted by molar-refractivity contribution is 0.214. The van der Waals surface area contributed by atoms with E-state index in [4.69, 9.17) is 14.2 Å². The molecular weight excluding hydrogens is 532 g/mol. The molecule has 230 valence electrons. The van der Waals surface area contributed by atoms with Crippen LogP contribution in [0.2, 0.25) is 0 Å². The van der Waals surface area contributed by atoms with Crippen molar-refractivity contribution in [3.63, 3.8) is 0 Å². The van der Waals surface area contributed by atoms with E-state index in [9.17, 15) is 0 Å². The predicted octanol–water partition coefficient (Wildman–Crippen LogP) is 9.28. The standard InChI is InChI=1S/C38H50N2O3/c1-4-6-25-41-34-18-14-32(15-19-34)38-30(3)36-28-35(42-26-7-5-2)20-21-37(36)40(38)29-31-12-16-33(17-13-31)43-27-24-39-22-10-8-9-11-23-39/h12-21,28H,4-11,22-27,29H2,1-3H3. The summed E-state index contributed by atoms with van der Waals surface area (Å²) in [5.41, 5.74) is 6.17. The van der Waals surface area contributed by atoms with Crippen LogP contribution in [0, 0.1) is 6.92 Å².